The van der Waals surface area contributed by atoms with E-state index in [4.69, 9.17) is 0 Å². The van der Waals surface area contributed by atoms with Crippen molar-refractivity contribution in [2.24, 2.45) is 0 Å². The van der Waals surface area contributed by atoms with Crippen molar-refractivity contribution in [2.45, 2.75) is 52.0 Å². The van der Waals surface area contributed by atoms with Gasteiger partial charge >= 0.3 is 0 Å². The van der Waals surface area contributed by atoms with Gasteiger partial charge in [0.15, 0.2) is 0 Å². The largest absolute Gasteiger partial charge is 0.359 e. The van der Waals surface area contributed by atoms with Crippen LogP contribution in [0.1, 0.15) is 44.1 Å². The summed E-state index contributed by atoms with van der Waals surface area (Å²) in [6.45, 7) is 3.18. The van der Waals surface area contributed by atoms with Crippen molar-refractivity contribution in [1.82, 2.24) is 19.4 Å². The molecule has 0 unspecified atom stereocenters. The lowest BCUT2D eigenvalue weighted by atomic mass is 10.1. The number of amides is 1. The molecule has 1 N–H and O–H groups in total. The molecule has 26 heavy (non-hydrogen) atoms. The maximum atomic E-state index is 11.2. The molecule has 0 fully saturated rings. The van der Waals surface area contributed by atoms with Gasteiger partial charge in [-0.25, -0.2) is 4.98 Å². The summed E-state index contributed by atoms with van der Waals surface area (Å²) < 4.78 is 4.52. The van der Waals surface area contributed by atoms with Crippen LogP contribution in [0.3, 0.4) is 0 Å². The van der Waals surface area contributed by atoms with E-state index in [9.17, 15) is 4.79 Å². The first-order chi connectivity index (χ1) is 12.7. The molecule has 5 nitrogen and oxygen atoms in total. The lowest BCUT2D eigenvalue weighted by Crippen LogP contribution is -2.16. The summed E-state index contributed by atoms with van der Waals surface area (Å²) >= 11 is 0. The van der Waals surface area contributed by atoms with Gasteiger partial charge in [0.2, 0.25) is 5.91 Å². The number of para-hydroxylation sites is 1. The first kappa shape index (κ1) is 18.2. The number of carbonyl (C=O) groups excluding carboxylic acids is 1. The van der Waals surface area contributed by atoms with Crippen molar-refractivity contribution in [2.75, 3.05) is 7.05 Å². The van der Waals surface area contributed by atoms with Crippen LogP contribution in [0.15, 0.2) is 43.0 Å². The molecule has 138 valence electrons. The fraction of sp³-hybridized carbons (Fsp3) is 0.429. The fourth-order valence-corrected chi connectivity index (χ4v) is 3.62. The summed E-state index contributed by atoms with van der Waals surface area (Å²) in [4.78, 5) is 15.5. The van der Waals surface area contributed by atoms with Gasteiger partial charge in [-0.1, -0.05) is 37.5 Å². The number of unbranched alkanes of at least 4 members (excludes halogenated alkanes) is 4. The molecule has 0 bridgehead atoms. The van der Waals surface area contributed by atoms with Gasteiger partial charge in [-0.3, -0.25) is 9.36 Å². The molecule has 5 heteroatoms. The number of carbonyl (C=O) groups is 1. The molecule has 0 saturated heterocycles. The topological polar surface area (TPSA) is 51.9 Å². The molecule has 0 radical (unpaired) electrons. The predicted molar refractivity (Wildman–Crippen MR) is 106 cm³/mol. The number of nitrogens with one attached hydrogen (secondary N) is 1. The van der Waals surface area contributed by atoms with Crippen LogP contribution in [0.25, 0.3) is 16.7 Å². The van der Waals surface area contributed by atoms with E-state index in [1.165, 1.54) is 35.1 Å². The van der Waals surface area contributed by atoms with Crippen LogP contribution >= 0.6 is 0 Å². The lowest BCUT2D eigenvalue weighted by Gasteiger charge is -2.12. The van der Waals surface area contributed by atoms with Crippen molar-refractivity contribution < 1.29 is 4.79 Å². The zero-order valence-electron chi connectivity index (χ0n) is 15.7. The van der Waals surface area contributed by atoms with E-state index in [0.29, 0.717) is 6.42 Å². The van der Waals surface area contributed by atoms with Crippen LogP contribution in [-0.2, 0) is 11.3 Å². The minimum Gasteiger partial charge on any atom is -0.359 e. The Kier molecular flexibility index (Phi) is 6.10. The Balaban J connectivity index is 1.64. The minimum atomic E-state index is 0.143. The summed E-state index contributed by atoms with van der Waals surface area (Å²) in [7, 11) is 1.70. The molecule has 0 aliphatic rings. The van der Waals surface area contributed by atoms with E-state index < -0.39 is 0 Å². The number of rotatable bonds is 9. The second-order valence-electron chi connectivity index (χ2n) is 6.78. The Bertz CT molecular complexity index is 848. The van der Waals surface area contributed by atoms with Crippen LogP contribution in [0, 0.1) is 6.92 Å². The number of hydrogen-bond acceptors (Lipinski definition) is 2. The molecule has 1 amide bonds. The number of aromatic nitrogens is 3. The van der Waals surface area contributed by atoms with Gasteiger partial charge in [-0.15, -0.1) is 0 Å². The summed E-state index contributed by atoms with van der Waals surface area (Å²) in [5.74, 6) is 1.35. The van der Waals surface area contributed by atoms with E-state index in [2.05, 4.69) is 50.6 Å². The number of fused-ring (bicyclic) bond motifs is 1. The van der Waals surface area contributed by atoms with E-state index in [1.807, 2.05) is 18.7 Å². The minimum absolute atomic E-state index is 0.143. The third kappa shape index (κ3) is 3.98. The molecule has 2 aromatic heterocycles. The van der Waals surface area contributed by atoms with Crippen molar-refractivity contribution in [3.63, 3.8) is 0 Å². The van der Waals surface area contributed by atoms with E-state index >= 15 is 0 Å². The van der Waals surface area contributed by atoms with E-state index in [-0.39, 0.29) is 5.91 Å². The average Bonchev–Trinajstić information content (AvgIpc) is 3.28. The van der Waals surface area contributed by atoms with Crippen LogP contribution in [-0.4, -0.2) is 27.1 Å². The SMILES string of the molecule is CNC(=O)CCCCCCCn1c(-n2ccnc2)c(C)c2ccccc21. The van der Waals surface area contributed by atoms with Crippen molar-refractivity contribution in [3.05, 3.63) is 48.5 Å². The summed E-state index contributed by atoms with van der Waals surface area (Å²) in [6.07, 6.45) is 11.9. The number of nitrogens with zero attached hydrogens (tertiary/aromatic N) is 3. The molecular weight excluding hydrogens is 324 g/mol. The second kappa shape index (κ2) is 8.70. The number of hydrogen-bond donors (Lipinski definition) is 1. The lowest BCUT2D eigenvalue weighted by molar-refractivity contribution is -0.120. The quantitative estimate of drug-likeness (QED) is 0.586. The maximum absolute atomic E-state index is 11.2. The predicted octanol–water partition coefficient (Wildman–Crippen LogP) is 4.22. The van der Waals surface area contributed by atoms with Crippen molar-refractivity contribution >= 4 is 16.8 Å². The van der Waals surface area contributed by atoms with Crippen LogP contribution < -0.4 is 5.32 Å². The zero-order valence-corrected chi connectivity index (χ0v) is 15.7. The molecule has 0 spiro atoms. The highest BCUT2D eigenvalue weighted by Crippen LogP contribution is 2.28. The maximum Gasteiger partial charge on any atom is 0.219 e. The monoisotopic (exact) mass is 352 g/mol. The third-order valence-corrected chi connectivity index (χ3v) is 5.00. The van der Waals surface area contributed by atoms with Gasteiger partial charge in [-0.2, -0.15) is 0 Å². The van der Waals surface area contributed by atoms with Crippen LogP contribution in [0.5, 0.6) is 0 Å². The van der Waals surface area contributed by atoms with Gasteiger partial charge < -0.3 is 9.88 Å². The number of benzene rings is 1. The third-order valence-electron chi connectivity index (χ3n) is 5.00. The second-order valence-corrected chi connectivity index (χ2v) is 6.78. The van der Waals surface area contributed by atoms with Gasteiger partial charge in [0.1, 0.15) is 12.1 Å². The Morgan fingerprint density at radius 3 is 2.65 bits per heavy atom. The first-order valence-electron chi connectivity index (χ1n) is 9.49. The molecule has 1 aromatic carbocycles. The first-order valence-corrected chi connectivity index (χ1v) is 9.49. The van der Waals surface area contributed by atoms with Crippen LogP contribution in [0.2, 0.25) is 0 Å². The van der Waals surface area contributed by atoms with E-state index in [1.54, 1.807) is 7.05 Å². The molecule has 2 heterocycles. The molecule has 0 aliphatic heterocycles. The highest BCUT2D eigenvalue weighted by atomic mass is 16.1. The molecule has 3 aromatic rings. The summed E-state index contributed by atoms with van der Waals surface area (Å²) in [5.41, 5.74) is 2.58. The summed E-state index contributed by atoms with van der Waals surface area (Å²) in [5, 5.41) is 3.98. The van der Waals surface area contributed by atoms with E-state index in [0.717, 1.165) is 25.8 Å². The Morgan fingerprint density at radius 2 is 1.88 bits per heavy atom. The molecule has 3 rings (SSSR count). The fourth-order valence-electron chi connectivity index (χ4n) is 3.62. The highest BCUT2D eigenvalue weighted by molar-refractivity contribution is 5.87. The smallest absolute Gasteiger partial charge is 0.219 e. The van der Waals surface area contributed by atoms with Gasteiger partial charge in [0.25, 0.3) is 0 Å². The average molecular weight is 352 g/mol. The van der Waals surface area contributed by atoms with Gasteiger partial charge in [-0.05, 0) is 31.4 Å². The van der Waals surface area contributed by atoms with Gasteiger partial charge in [0.05, 0.1) is 0 Å². The zero-order chi connectivity index (χ0) is 18.4. The van der Waals surface area contributed by atoms with Crippen molar-refractivity contribution in [1.29, 1.82) is 0 Å². The molecule has 0 aliphatic carbocycles. The van der Waals surface area contributed by atoms with Gasteiger partial charge in [0, 0.05) is 43.3 Å². The molecular formula is C21H28N4O. The standard InChI is InChI=1S/C21H28N4O/c1-17-18-10-7-8-11-19(18)25(21(17)24-15-13-23-16-24)14-9-5-3-4-6-12-20(26)22-2/h7-8,10-11,13,15-16H,3-6,9,12,14H2,1-2H3,(H,22,26). The molecule has 0 saturated carbocycles. The highest BCUT2D eigenvalue weighted by Gasteiger charge is 2.14. The Hall–Kier alpha value is -2.56. The Morgan fingerprint density at radius 1 is 1.12 bits per heavy atom. The number of aryl methyl sites for hydroxylation is 2. The van der Waals surface area contributed by atoms with Crippen molar-refractivity contribution in [3.8, 4) is 5.82 Å². The van der Waals surface area contributed by atoms with Crippen LogP contribution in [0.4, 0.5) is 0 Å². The number of imidazole rings is 1. The molecule has 0 atom stereocenters. The Labute approximate surface area is 155 Å². The summed E-state index contributed by atoms with van der Waals surface area (Å²) in [6, 6.07) is 8.60. The normalized spacial score (nSPS) is 11.2.